The quantitative estimate of drug-likeness (QED) is 0.413. The van der Waals surface area contributed by atoms with Crippen LogP contribution in [0.5, 0.6) is 0 Å². The molecule has 24 heavy (non-hydrogen) atoms. The molecule has 0 radical (unpaired) electrons. The third-order valence-corrected chi connectivity index (χ3v) is 3.80. The Morgan fingerprint density at radius 1 is 1.25 bits per heavy atom. The second-order valence-corrected chi connectivity index (χ2v) is 6.22. The first kappa shape index (κ1) is 20.3. The molecule has 1 rings (SSSR count). The normalized spacial score (nSPS) is 16.2. The van der Waals surface area contributed by atoms with Crippen molar-refractivity contribution in [3.63, 3.8) is 0 Å². The van der Waals surface area contributed by atoms with E-state index in [-0.39, 0.29) is 23.8 Å². The van der Waals surface area contributed by atoms with E-state index in [0.29, 0.717) is 19.6 Å². The van der Waals surface area contributed by atoms with Gasteiger partial charge in [-0.2, -0.15) is 0 Å². The SMILES string of the molecule is CCNC(=NCCC(=O)NC(C)C)N1CCC(C(=O)OCC)CC1. The fourth-order valence-corrected chi connectivity index (χ4v) is 2.67. The summed E-state index contributed by atoms with van der Waals surface area (Å²) in [4.78, 5) is 30.2. The average molecular weight is 340 g/mol. The number of aliphatic imine (C=N–C) groups is 1. The third-order valence-electron chi connectivity index (χ3n) is 3.80. The lowest BCUT2D eigenvalue weighted by Crippen LogP contribution is -2.46. The van der Waals surface area contributed by atoms with E-state index in [9.17, 15) is 9.59 Å². The number of piperidine rings is 1. The van der Waals surface area contributed by atoms with Crippen molar-refractivity contribution in [2.75, 3.05) is 32.8 Å². The van der Waals surface area contributed by atoms with E-state index in [1.165, 1.54) is 0 Å². The van der Waals surface area contributed by atoms with Gasteiger partial charge < -0.3 is 20.3 Å². The van der Waals surface area contributed by atoms with E-state index in [2.05, 4.69) is 20.5 Å². The summed E-state index contributed by atoms with van der Waals surface area (Å²) in [5.41, 5.74) is 0. The first-order chi connectivity index (χ1) is 11.5. The molecule has 0 aromatic carbocycles. The molecule has 7 heteroatoms. The Labute approximate surface area is 145 Å². The summed E-state index contributed by atoms with van der Waals surface area (Å²) in [7, 11) is 0. The highest BCUT2D eigenvalue weighted by atomic mass is 16.5. The molecule has 2 N–H and O–H groups in total. The number of rotatable bonds is 7. The van der Waals surface area contributed by atoms with Crippen LogP contribution in [0.1, 0.15) is 47.0 Å². The molecule has 1 fully saturated rings. The molecule has 7 nitrogen and oxygen atoms in total. The van der Waals surface area contributed by atoms with Gasteiger partial charge in [-0.05, 0) is 40.5 Å². The van der Waals surface area contributed by atoms with Gasteiger partial charge in [0.25, 0.3) is 0 Å². The largest absolute Gasteiger partial charge is 0.466 e. The highest BCUT2D eigenvalue weighted by Gasteiger charge is 2.27. The zero-order valence-corrected chi connectivity index (χ0v) is 15.4. The molecule has 0 aromatic heterocycles. The highest BCUT2D eigenvalue weighted by molar-refractivity contribution is 5.81. The number of hydrogen-bond donors (Lipinski definition) is 2. The van der Waals surface area contributed by atoms with Crippen molar-refractivity contribution in [3.05, 3.63) is 0 Å². The molecular weight excluding hydrogens is 308 g/mol. The van der Waals surface area contributed by atoms with Crippen molar-refractivity contribution in [1.29, 1.82) is 0 Å². The Balaban J connectivity index is 2.49. The van der Waals surface area contributed by atoms with E-state index in [1.807, 2.05) is 27.7 Å². The van der Waals surface area contributed by atoms with Crippen molar-refractivity contribution < 1.29 is 14.3 Å². The second kappa shape index (κ2) is 10.9. The number of guanidine groups is 1. The Bertz CT molecular complexity index is 430. The summed E-state index contributed by atoms with van der Waals surface area (Å²) in [6.45, 7) is 10.9. The van der Waals surface area contributed by atoms with Crippen LogP contribution in [0.3, 0.4) is 0 Å². The molecule has 0 saturated carbocycles. The van der Waals surface area contributed by atoms with Gasteiger partial charge in [0.2, 0.25) is 5.91 Å². The minimum Gasteiger partial charge on any atom is -0.466 e. The lowest BCUT2D eigenvalue weighted by atomic mass is 9.97. The second-order valence-electron chi connectivity index (χ2n) is 6.22. The summed E-state index contributed by atoms with van der Waals surface area (Å²) in [6, 6.07) is 0.150. The number of esters is 1. The highest BCUT2D eigenvalue weighted by Crippen LogP contribution is 2.18. The molecule has 0 bridgehead atoms. The van der Waals surface area contributed by atoms with Crippen LogP contribution in [-0.2, 0) is 14.3 Å². The van der Waals surface area contributed by atoms with Crippen LogP contribution < -0.4 is 10.6 Å². The molecule has 1 heterocycles. The number of nitrogens with one attached hydrogen (secondary N) is 2. The van der Waals surface area contributed by atoms with Gasteiger partial charge in [-0.15, -0.1) is 0 Å². The number of ether oxygens (including phenoxy) is 1. The molecule has 1 aliphatic heterocycles. The first-order valence-electron chi connectivity index (χ1n) is 8.97. The topological polar surface area (TPSA) is 83.0 Å². The lowest BCUT2D eigenvalue weighted by Gasteiger charge is -2.33. The maximum absolute atomic E-state index is 11.8. The molecule has 0 unspecified atom stereocenters. The van der Waals surface area contributed by atoms with Gasteiger partial charge in [-0.25, -0.2) is 0 Å². The number of carbonyl (C=O) groups is 2. The van der Waals surface area contributed by atoms with E-state index in [4.69, 9.17) is 4.74 Å². The van der Waals surface area contributed by atoms with Gasteiger partial charge >= 0.3 is 5.97 Å². The monoisotopic (exact) mass is 340 g/mol. The number of carbonyl (C=O) groups excluding carboxylic acids is 2. The van der Waals surface area contributed by atoms with Crippen LogP contribution in [0.15, 0.2) is 4.99 Å². The standard InChI is InChI=1S/C17H32N4O3/c1-5-18-17(19-10-7-15(22)20-13(3)4)21-11-8-14(9-12-21)16(23)24-6-2/h13-14H,5-12H2,1-4H3,(H,18,19)(H,20,22). The average Bonchev–Trinajstić information content (AvgIpc) is 2.54. The van der Waals surface area contributed by atoms with Crippen molar-refractivity contribution in [2.24, 2.45) is 10.9 Å². The predicted molar refractivity (Wildman–Crippen MR) is 94.8 cm³/mol. The molecular formula is C17H32N4O3. The Kier molecular flexibility index (Phi) is 9.19. The van der Waals surface area contributed by atoms with E-state index < -0.39 is 0 Å². The van der Waals surface area contributed by atoms with Gasteiger partial charge in [-0.3, -0.25) is 14.6 Å². The molecule has 1 aliphatic rings. The van der Waals surface area contributed by atoms with Gasteiger partial charge in [-0.1, -0.05) is 0 Å². The summed E-state index contributed by atoms with van der Waals surface area (Å²) in [6.07, 6.45) is 1.93. The van der Waals surface area contributed by atoms with Gasteiger partial charge in [0.05, 0.1) is 19.1 Å². The minimum absolute atomic E-state index is 0.0131. The Morgan fingerprint density at radius 3 is 2.46 bits per heavy atom. The zero-order valence-electron chi connectivity index (χ0n) is 15.4. The van der Waals surface area contributed by atoms with Crippen LogP contribution >= 0.6 is 0 Å². The van der Waals surface area contributed by atoms with Crippen LogP contribution in [0.25, 0.3) is 0 Å². The first-order valence-corrected chi connectivity index (χ1v) is 8.97. The van der Waals surface area contributed by atoms with E-state index in [0.717, 1.165) is 38.4 Å². The van der Waals surface area contributed by atoms with Crippen LogP contribution in [-0.4, -0.2) is 61.6 Å². The molecule has 1 amide bonds. The lowest BCUT2D eigenvalue weighted by molar-refractivity contribution is -0.149. The summed E-state index contributed by atoms with van der Waals surface area (Å²) in [5, 5.41) is 6.13. The van der Waals surface area contributed by atoms with Crippen LogP contribution in [0.4, 0.5) is 0 Å². The summed E-state index contributed by atoms with van der Waals surface area (Å²) >= 11 is 0. The third kappa shape index (κ3) is 7.19. The van der Waals surface area contributed by atoms with Crippen LogP contribution in [0, 0.1) is 5.92 Å². The summed E-state index contributed by atoms with van der Waals surface area (Å²) < 4.78 is 5.10. The number of likely N-dealkylation sites (tertiary alicyclic amines) is 1. The fraction of sp³-hybridized carbons (Fsp3) is 0.824. The fourth-order valence-electron chi connectivity index (χ4n) is 2.67. The predicted octanol–water partition coefficient (Wildman–Crippen LogP) is 1.14. The molecule has 0 atom stereocenters. The Hall–Kier alpha value is -1.79. The van der Waals surface area contributed by atoms with E-state index in [1.54, 1.807) is 0 Å². The molecule has 138 valence electrons. The van der Waals surface area contributed by atoms with E-state index >= 15 is 0 Å². The number of amides is 1. The van der Waals surface area contributed by atoms with Crippen molar-refractivity contribution >= 4 is 17.8 Å². The van der Waals surface area contributed by atoms with Crippen molar-refractivity contribution in [3.8, 4) is 0 Å². The number of nitrogens with zero attached hydrogens (tertiary/aromatic N) is 2. The molecule has 1 saturated heterocycles. The summed E-state index contributed by atoms with van der Waals surface area (Å²) in [5.74, 6) is 0.730. The molecule has 0 aromatic rings. The van der Waals surface area contributed by atoms with Crippen molar-refractivity contribution in [1.82, 2.24) is 15.5 Å². The van der Waals surface area contributed by atoms with Crippen LogP contribution in [0.2, 0.25) is 0 Å². The van der Waals surface area contributed by atoms with Gasteiger partial charge in [0.15, 0.2) is 5.96 Å². The minimum atomic E-state index is -0.0931. The van der Waals surface area contributed by atoms with Gasteiger partial charge in [0, 0.05) is 32.1 Å². The van der Waals surface area contributed by atoms with Gasteiger partial charge in [0.1, 0.15) is 0 Å². The molecule has 0 aliphatic carbocycles. The zero-order chi connectivity index (χ0) is 17.9. The Morgan fingerprint density at radius 2 is 1.92 bits per heavy atom. The maximum atomic E-state index is 11.8. The molecule has 0 spiro atoms. The van der Waals surface area contributed by atoms with Crippen molar-refractivity contribution in [2.45, 2.75) is 53.0 Å². The smallest absolute Gasteiger partial charge is 0.309 e. The maximum Gasteiger partial charge on any atom is 0.309 e. The number of hydrogen-bond acceptors (Lipinski definition) is 4.